The molecule has 0 saturated heterocycles. The topological polar surface area (TPSA) is 50.2 Å². The first-order chi connectivity index (χ1) is 9.02. The molecule has 0 radical (unpaired) electrons. The number of hydrogen-bond donors (Lipinski definition) is 1. The predicted molar refractivity (Wildman–Crippen MR) is 77.3 cm³/mol. The summed E-state index contributed by atoms with van der Waals surface area (Å²) in [6, 6.07) is 8.86. The molecule has 98 valence electrons. The van der Waals surface area contributed by atoms with E-state index in [4.69, 9.17) is 0 Å². The average molecular weight is 273 g/mol. The lowest BCUT2D eigenvalue weighted by Gasteiger charge is -2.18. The molecule has 2 aromatic rings. The highest BCUT2D eigenvalue weighted by molar-refractivity contribution is 8.01. The van der Waals surface area contributed by atoms with Gasteiger partial charge in [0.25, 0.3) is 0 Å². The fourth-order valence-electron chi connectivity index (χ4n) is 1.64. The largest absolute Gasteiger partial charge is 0.508 e. The standard InChI is InChI=1S/C15H15NO2S/c1-15(2,10-17)19-14-7-8-16-9-13(14)11-3-5-12(18)6-4-11/h3-10,18H,1-2H3. The van der Waals surface area contributed by atoms with Crippen LogP contribution in [0.15, 0.2) is 47.6 Å². The number of phenols is 1. The van der Waals surface area contributed by atoms with Gasteiger partial charge in [0.05, 0.1) is 4.75 Å². The molecule has 2 rings (SSSR count). The number of aromatic hydroxyl groups is 1. The highest BCUT2D eigenvalue weighted by atomic mass is 32.2. The SMILES string of the molecule is CC(C)(C=O)Sc1ccncc1-c1ccc(O)cc1. The van der Waals surface area contributed by atoms with Crippen molar-refractivity contribution < 1.29 is 9.90 Å². The van der Waals surface area contributed by atoms with E-state index in [0.717, 1.165) is 22.3 Å². The molecule has 0 aliphatic carbocycles. The number of pyridine rings is 1. The number of phenolic OH excluding ortho intramolecular Hbond substituents is 1. The summed E-state index contributed by atoms with van der Waals surface area (Å²) in [6.07, 6.45) is 4.43. The quantitative estimate of drug-likeness (QED) is 0.684. The maximum absolute atomic E-state index is 11.1. The number of aromatic nitrogens is 1. The second-order valence-electron chi connectivity index (χ2n) is 4.74. The average Bonchev–Trinajstić information content (AvgIpc) is 2.40. The molecule has 1 N–H and O–H groups in total. The minimum absolute atomic E-state index is 0.232. The number of carbonyl (C=O) groups excluding carboxylic acids is 1. The molecule has 0 aliphatic heterocycles. The van der Waals surface area contributed by atoms with Crippen LogP contribution in [0.4, 0.5) is 0 Å². The van der Waals surface area contributed by atoms with Crippen LogP contribution in [0.25, 0.3) is 11.1 Å². The zero-order chi connectivity index (χ0) is 13.9. The van der Waals surface area contributed by atoms with Crippen molar-refractivity contribution in [1.82, 2.24) is 4.98 Å². The maximum atomic E-state index is 11.1. The van der Waals surface area contributed by atoms with Crippen molar-refractivity contribution in [2.24, 2.45) is 0 Å². The Kier molecular flexibility index (Phi) is 3.90. The van der Waals surface area contributed by atoms with E-state index < -0.39 is 4.75 Å². The first-order valence-electron chi connectivity index (χ1n) is 5.90. The van der Waals surface area contributed by atoms with Gasteiger partial charge < -0.3 is 9.90 Å². The lowest BCUT2D eigenvalue weighted by Crippen LogP contribution is -2.15. The summed E-state index contributed by atoms with van der Waals surface area (Å²) in [5, 5.41) is 9.33. The maximum Gasteiger partial charge on any atom is 0.135 e. The Morgan fingerprint density at radius 1 is 1.21 bits per heavy atom. The van der Waals surface area contributed by atoms with Gasteiger partial charge in [-0.2, -0.15) is 0 Å². The molecule has 0 aliphatic rings. The van der Waals surface area contributed by atoms with Crippen LogP contribution >= 0.6 is 11.8 Å². The summed E-state index contributed by atoms with van der Waals surface area (Å²) in [5.41, 5.74) is 1.93. The van der Waals surface area contributed by atoms with Crippen molar-refractivity contribution in [2.75, 3.05) is 0 Å². The Balaban J connectivity index is 2.41. The van der Waals surface area contributed by atoms with Gasteiger partial charge in [-0.25, -0.2) is 0 Å². The van der Waals surface area contributed by atoms with Crippen LogP contribution < -0.4 is 0 Å². The van der Waals surface area contributed by atoms with Crippen LogP contribution in [-0.4, -0.2) is 21.1 Å². The van der Waals surface area contributed by atoms with Gasteiger partial charge in [-0.15, -0.1) is 11.8 Å². The van der Waals surface area contributed by atoms with E-state index in [0.29, 0.717) is 0 Å². The number of hydrogen-bond acceptors (Lipinski definition) is 4. The van der Waals surface area contributed by atoms with Gasteiger partial charge in [-0.3, -0.25) is 4.98 Å². The monoisotopic (exact) mass is 273 g/mol. The van der Waals surface area contributed by atoms with Crippen LogP contribution in [0.3, 0.4) is 0 Å². The number of aldehydes is 1. The molecule has 4 heteroatoms. The zero-order valence-corrected chi connectivity index (χ0v) is 11.6. The molecule has 19 heavy (non-hydrogen) atoms. The summed E-state index contributed by atoms with van der Waals surface area (Å²) >= 11 is 1.50. The fourth-order valence-corrected chi connectivity index (χ4v) is 2.66. The molecular formula is C15H15NO2S. The number of carbonyl (C=O) groups is 1. The Labute approximate surface area is 116 Å². The molecule has 0 amide bonds. The van der Waals surface area contributed by atoms with E-state index in [1.165, 1.54) is 11.8 Å². The van der Waals surface area contributed by atoms with Gasteiger partial charge in [0.1, 0.15) is 12.0 Å². The molecule has 0 unspecified atom stereocenters. The highest BCUT2D eigenvalue weighted by Gasteiger charge is 2.20. The van der Waals surface area contributed by atoms with Crippen LogP contribution in [0.5, 0.6) is 5.75 Å². The van der Waals surface area contributed by atoms with Crippen molar-refractivity contribution in [3.8, 4) is 16.9 Å². The molecule has 1 heterocycles. The van der Waals surface area contributed by atoms with E-state index in [2.05, 4.69) is 4.98 Å². The summed E-state index contributed by atoms with van der Waals surface area (Å²) in [6.45, 7) is 3.76. The van der Waals surface area contributed by atoms with Gasteiger partial charge in [0, 0.05) is 22.9 Å². The molecule has 1 aromatic carbocycles. The Hall–Kier alpha value is -1.81. The summed E-state index contributed by atoms with van der Waals surface area (Å²) < 4.78 is -0.479. The summed E-state index contributed by atoms with van der Waals surface area (Å²) in [4.78, 5) is 16.2. The second kappa shape index (κ2) is 5.45. The smallest absolute Gasteiger partial charge is 0.135 e. The van der Waals surface area contributed by atoms with Crippen molar-refractivity contribution in [2.45, 2.75) is 23.5 Å². The molecule has 0 bridgehead atoms. The normalized spacial score (nSPS) is 11.3. The van der Waals surface area contributed by atoms with Gasteiger partial charge in [0.2, 0.25) is 0 Å². The van der Waals surface area contributed by atoms with Gasteiger partial charge in [-0.1, -0.05) is 12.1 Å². The fraction of sp³-hybridized carbons (Fsp3) is 0.200. The lowest BCUT2D eigenvalue weighted by atomic mass is 10.1. The minimum atomic E-state index is -0.479. The van der Waals surface area contributed by atoms with Gasteiger partial charge in [0.15, 0.2) is 0 Å². The molecule has 0 spiro atoms. The van der Waals surface area contributed by atoms with Crippen molar-refractivity contribution in [1.29, 1.82) is 0 Å². The third-order valence-corrected chi connectivity index (χ3v) is 3.81. The minimum Gasteiger partial charge on any atom is -0.508 e. The lowest BCUT2D eigenvalue weighted by molar-refractivity contribution is -0.109. The van der Waals surface area contributed by atoms with Crippen molar-refractivity contribution in [3.05, 3.63) is 42.7 Å². The molecule has 1 aromatic heterocycles. The number of benzene rings is 1. The first kappa shape index (κ1) is 13.6. The van der Waals surface area contributed by atoms with Gasteiger partial charge >= 0.3 is 0 Å². The first-order valence-corrected chi connectivity index (χ1v) is 6.72. The van der Waals surface area contributed by atoms with Gasteiger partial charge in [-0.05, 0) is 37.6 Å². The number of nitrogens with zero attached hydrogens (tertiary/aromatic N) is 1. The van der Waals surface area contributed by atoms with E-state index >= 15 is 0 Å². The molecule has 0 fully saturated rings. The Morgan fingerprint density at radius 2 is 1.89 bits per heavy atom. The van der Waals surface area contributed by atoms with Crippen molar-refractivity contribution in [3.63, 3.8) is 0 Å². The van der Waals surface area contributed by atoms with Crippen LogP contribution in [0.1, 0.15) is 13.8 Å². The van der Waals surface area contributed by atoms with Crippen LogP contribution in [-0.2, 0) is 4.79 Å². The van der Waals surface area contributed by atoms with Crippen LogP contribution in [0.2, 0.25) is 0 Å². The Morgan fingerprint density at radius 3 is 2.53 bits per heavy atom. The molecular weight excluding hydrogens is 258 g/mol. The summed E-state index contributed by atoms with van der Waals surface area (Å²) in [5.74, 6) is 0.232. The number of thioether (sulfide) groups is 1. The predicted octanol–water partition coefficient (Wildman–Crippen LogP) is 3.52. The summed E-state index contributed by atoms with van der Waals surface area (Å²) in [7, 11) is 0. The Bertz CT molecular complexity index is 579. The zero-order valence-electron chi connectivity index (χ0n) is 10.8. The van der Waals surface area contributed by atoms with Crippen LogP contribution in [0, 0.1) is 0 Å². The van der Waals surface area contributed by atoms with E-state index in [-0.39, 0.29) is 5.75 Å². The van der Waals surface area contributed by atoms with E-state index in [1.807, 2.05) is 32.0 Å². The third kappa shape index (κ3) is 3.35. The highest BCUT2D eigenvalue weighted by Crippen LogP contribution is 2.37. The second-order valence-corrected chi connectivity index (χ2v) is 6.44. The van der Waals surface area contributed by atoms with E-state index in [1.54, 1.807) is 24.5 Å². The molecule has 0 atom stereocenters. The molecule has 0 saturated carbocycles. The van der Waals surface area contributed by atoms with Crippen molar-refractivity contribution >= 4 is 18.0 Å². The molecule has 3 nitrogen and oxygen atoms in total. The van der Waals surface area contributed by atoms with E-state index in [9.17, 15) is 9.90 Å². The third-order valence-electron chi connectivity index (χ3n) is 2.62. The number of rotatable bonds is 4.